The predicted molar refractivity (Wildman–Crippen MR) is 50.6 cm³/mol. The second-order valence-corrected chi connectivity index (χ2v) is 3.71. The number of rotatable bonds is 4. The molecule has 1 atom stereocenters. The van der Waals surface area contributed by atoms with Crippen LogP contribution in [0.2, 0.25) is 0 Å². The van der Waals surface area contributed by atoms with Gasteiger partial charge in [0, 0.05) is 6.61 Å². The molecule has 1 fully saturated rings. The summed E-state index contributed by atoms with van der Waals surface area (Å²) in [6.07, 6.45) is 1.06. The van der Waals surface area contributed by atoms with Crippen LogP contribution in [0.5, 0.6) is 0 Å². The molecule has 5 nitrogen and oxygen atoms in total. The van der Waals surface area contributed by atoms with E-state index in [9.17, 15) is 9.59 Å². The fraction of sp³-hybridized carbons (Fsp3) is 0.778. The van der Waals surface area contributed by atoms with E-state index in [-0.39, 0.29) is 25.1 Å². The van der Waals surface area contributed by atoms with Gasteiger partial charge in [-0.2, -0.15) is 0 Å². The monoisotopic (exact) mass is 200 g/mol. The van der Waals surface area contributed by atoms with Crippen LogP contribution in [0.25, 0.3) is 0 Å². The standard InChI is InChI=1S/C9H16N2O3/c1-3-9(2,4-5-12)11-7(13)6-10-8(11)14/h12H,3-6H2,1-2H3,(H,10,14). The van der Waals surface area contributed by atoms with Crippen LogP contribution in [0.4, 0.5) is 4.79 Å². The van der Waals surface area contributed by atoms with Gasteiger partial charge in [0.1, 0.15) is 0 Å². The second-order valence-electron chi connectivity index (χ2n) is 3.71. The Morgan fingerprint density at radius 3 is 2.57 bits per heavy atom. The summed E-state index contributed by atoms with van der Waals surface area (Å²) >= 11 is 0. The molecule has 0 bridgehead atoms. The molecular weight excluding hydrogens is 184 g/mol. The van der Waals surface area contributed by atoms with Crippen LogP contribution >= 0.6 is 0 Å². The van der Waals surface area contributed by atoms with Gasteiger partial charge in [0.2, 0.25) is 0 Å². The lowest BCUT2D eigenvalue weighted by molar-refractivity contribution is -0.129. The van der Waals surface area contributed by atoms with Crippen LogP contribution in [0.3, 0.4) is 0 Å². The first-order valence-corrected chi connectivity index (χ1v) is 4.77. The first-order valence-electron chi connectivity index (χ1n) is 4.77. The Balaban J connectivity index is 2.87. The zero-order valence-corrected chi connectivity index (χ0v) is 8.54. The van der Waals surface area contributed by atoms with Crippen LogP contribution in [-0.2, 0) is 4.79 Å². The smallest absolute Gasteiger partial charge is 0.325 e. The molecule has 80 valence electrons. The molecule has 0 saturated carbocycles. The van der Waals surface area contributed by atoms with E-state index in [0.29, 0.717) is 12.8 Å². The van der Waals surface area contributed by atoms with Gasteiger partial charge in [-0.25, -0.2) is 4.79 Å². The number of imide groups is 1. The summed E-state index contributed by atoms with van der Waals surface area (Å²) in [5.74, 6) is -0.215. The number of carbonyl (C=O) groups is 2. The van der Waals surface area contributed by atoms with Crippen molar-refractivity contribution < 1.29 is 14.7 Å². The maximum Gasteiger partial charge on any atom is 0.325 e. The Kier molecular flexibility index (Phi) is 3.10. The van der Waals surface area contributed by atoms with Gasteiger partial charge >= 0.3 is 6.03 Å². The van der Waals surface area contributed by atoms with Crippen LogP contribution < -0.4 is 5.32 Å². The first-order chi connectivity index (χ1) is 6.55. The van der Waals surface area contributed by atoms with Crippen LogP contribution in [-0.4, -0.2) is 40.6 Å². The van der Waals surface area contributed by atoms with Crippen molar-refractivity contribution in [3.05, 3.63) is 0 Å². The van der Waals surface area contributed by atoms with Gasteiger partial charge in [-0.1, -0.05) is 6.92 Å². The summed E-state index contributed by atoms with van der Waals surface area (Å²) < 4.78 is 0. The summed E-state index contributed by atoms with van der Waals surface area (Å²) in [5.41, 5.74) is -0.563. The molecular formula is C9H16N2O3. The van der Waals surface area contributed by atoms with Crippen LogP contribution in [0.15, 0.2) is 0 Å². The minimum atomic E-state index is -0.563. The molecule has 0 aromatic rings. The normalized spacial score (nSPS) is 20.9. The Hall–Kier alpha value is -1.10. The topological polar surface area (TPSA) is 69.6 Å². The van der Waals surface area contributed by atoms with Crippen molar-refractivity contribution in [1.82, 2.24) is 10.2 Å². The van der Waals surface area contributed by atoms with Crippen molar-refractivity contribution in [1.29, 1.82) is 0 Å². The molecule has 1 unspecified atom stereocenters. The molecule has 1 heterocycles. The minimum Gasteiger partial charge on any atom is -0.396 e. The van der Waals surface area contributed by atoms with E-state index in [4.69, 9.17) is 5.11 Å². The van der Waals surface area contributed by atoms with Crippen molar-refractivity contribution >= 4 is 11.9 Å². The molecule has 0 radical (unpaired) electrons. The van der Waals surface area contributed by atoms with Crippen molar-refractivity contribution in [2.75, 3.05) is 13.2 Å². The molecule has 1 aliphatic heterocycles. The zero-order valence-electron chi connectivity index (χ0n) is 8.54. The van der Waals surface area contributed by atoms with Gasteiger partial charge < -0.3 is 10.4 Å². The summed E-state index contributed by atoms with van der Waals surface area (Å²) in [7, 11) is 0. The number of aliphatic hydroxyl groups excluding tert-OH is 1. The van der Waals surface area contributed by atoms with E-state index in [0.717, 1.165) is 0 Å². The third-order valence-corrected chi connectivity index (χ3v) is 2.80. The third kappa shape index (κ3) is 1.72. The Morgan fingerprint density at radius 2 is 2.21 bits per heavy atom. The minimum absolute atomic E-state index is 0.0264. The first kappa shape index (κ1) is 11.0. The van der Waals surface area contributed by atoms with Gasteiger partial charge in [-0.05, 0) is 19.8 Å². The third-order valence-electron chi connectivity index (χ3n) is 2.80. The van der Waals surface area contributed by atoms with E-state index in [1.54, 1.807) is 0 Å². The number of nitrogens with one attached hydrogen (secondary N) is 1. The Bertz CT molecular complexity index is 238. The number of aliphatic hydroxyl groups is 1. The van der Waals surface area contributed by atoms with Crippen molar-refractivity contribution in [3.63, 3.8) is 0 Å². The molecule has 0 aromatic heterocycles. The lowest BCUT2D eigenvalue weighted by Crippen LogP contribution is -2.50. The van der Waals surface area contributed by atoms with Crippen molar-refractivity contribution in [2.45, 2.75) is 32.2 Å². The SMILES string of the molecule is CCC(C)(CCO)N1C(=O)CNC1=O. The average Bonchev–Trinajstić information content (AvgIpc) is 2.47. The number of hydrogen-bond acceptors (Lipinski definition) is 3. The van der Waals surface area contributed by atoms with E-state index in [2.05, 4.69) is 5.32 Å². The van der Waals surface area contributed by atoms with Gasteiger partial charge in [-0.15, -0.1) is 0 Å². The highest BCUT2D eigenvalue weighted by Gasteiger charge is 2.41. The average molecular weight is 200 g/mol. The number of amides is 3. The van der Waals surface area contributed by atoms with E-state index in [1.807, 2.05) is 13.8 Å². The molecule has 1 saturated heterocycles. The van der Waals surface area contributed by atoms with Crippen molar-refractivity contribution in [3.8, 4) is 0 Å². The van der Waals surface area contributed by atoms with Gasteiger partial charge in [0.15, 0.2) is 0 Å². The molecule has 0 aliphatic carbocycles. The second kappa shape index (κ2) is 3.96. The largest absolute Gasteiger partial charge is 0.396 e. The maximum absolute atomic E-state index is 11.4. The molecule has 14 heavy (non-hydrogen) atoms. The van der Waals surface area contributed by atoms with Crippen LogP contribution in [0, 0.1) is 0 Å². The van der Waals surface area contributed by atoms with Gasteiger partial charge in [0.05, 0.1) is 12.1 Å². The highest BCUT2D eigenvalue weighted by Crippen LogP contribution is 2.25. The fourth-order valence-electron chi connectivity index (χ4n) is 1.66. The molecule has 3 amide bonds. The van der Waals surface area contributed by atoms with E-state index in [1.165, 1.54) is 4.90 Å². The maximum atomic E-state index is 11.4. The molecule has 0 spiro atoms. The molecule has 2 N–H and O–H groups in total. The van der Waals surface area contributed by atoms with E-state index >= 15 is 0 Å². The number of carbonyl (C=O) groups excluding carboxylic acids is 2. The number of urea groups is 1. The molecule has 0 aromatic carbocycles. The predicted octanol–water partition coefficient (Wildman–Crippen LogP) is 0.0893. The van der Waals surface area contributed by atoms with E-state index < -0.39 is 5.54 Å². The van der Waals surface area contributed by atoms with Gasteiger partial charge in [0.25, 0.3) is 5.91 Å². The summed E-state index contributed by atoms with van der Waals surface area (Å²) in [4.78, 5) is 24.0. The highest BCUT2D eigenvalue weighted by molar-refractivity contribution is 6.02. The van der Waals surface area contributed by atoms with Gasteiger partial charge in [-0.3, -0.25) is 9.69 Å². The lowest BCUT2D eigenvalue weighted by Gasteiger charge is -2.35. The highest BCUT2D eigenvalue weighted by atomic mass is 16.3. The van der Waals surface area contributed by atoms with Crippen LogP contribution in [0.1, 0.15) is 26.7 Å². The lowest BCUT2D eigenvalue weighted by atomic mass is 9.93. The molecule has 1 aliphatic rings. The number of hydrogen-bond donors (Lipinski definition) is 2. The Morgan fingerprint density at radius 1 is 1.57 bits per heavy atom. The fourth-order valence-corrected chi connectivity index (χ4v) is 1.66. The quantitative estimate of drug-likeness (QED) is 0.632. The Labute approximate surface area is 83.1 Å². The summed E-state index contributed by atoms with van der Waals surface area (Å²) in [6, 6.07) is -0.354. The number of nitrogens with zero attached hydrogens (tertiary/aromatic N) is 1. The summed E-state index contributed by atoms with van der Waals surface area (Å²) in [6.45, 7) is 3.75. The van der Waals surface area contributed by atoms with Crippen molar-refractivity contribution in [2.24, 2.45) is 0 Å². The molecule has 5 heteroatoms. The summed E-state index contributed by atoms with van der Waals surface area (Å²) in [5, 5.41) is 11.4. The molecule has 1 rings (SSSR count). The zero-order chi connectivity index (χ0) is 10.8.